The third-order valence-corrected chi connectivity index (χ3v) is 5.33. The molecule has 2 rings (SSSR count). The Balaban J connectivity index is 1.61. The number of carbonyl (C=O) groups excluding carboxylic acids is 2. The van der Waals surface area contributed by atoms with Crippen molar-refractivity contribution in [3.63, 3.8) is 0 Å². The Morgan fingerprint density at radius 1 is 0.840 bits per heavy atom. The minimum Gasteiger partial charge on any atom is -0.382 e. The number of hydrogen-bond acceptors (Lipinski definition) is 4. The van der Waals surface area contributed by atoms with Crippen molar-refractivity contribution in [1.82, 2.24) is 10.6 Å². The van der Waals surface area contributed by atoms with Crippen molar-refractivity contribution in [1.29, 1.82) is 0 Å². The molecule has 6 nitrogen and oxygen atoms in total. The number of carbonyl (C=O) groups is 2. The van der Waals surface area contributed by atoms with Crippen LogP contribution in [0, 0.1) is 5.92 Å². The fourth-order valence-electron chi connectivity index (χ4n) is 3.82. The molecule has 0 aromatic carbocycles. The number of amides is 2. The van der Waals surface area contributed by atoms with E-state index in [9.17, 15) is 9.59 Å². The third kappa shape index (κ3) is 7.74. The third-order valence-electron chi connectivity index (χ3n) is 5.33. The van der Waals surface area contributed by atoms with Gasteiger partial charge < -0.3 is 20.1 Å². The SMILES string of the molecule is COCCOCC(=O)NC1CCC(C(=O)NC2CCCCCC2)CC1. The van der Waals surface area contributed by atoms with E-state index in [0.29, 0.717) is 19.3 Å². The molecule has 0 saturated heterocycles. The molecule has 2 fully saturated rings. The lowest BCUT2D eigenvalue weighted by atomic mass is 9.85. The molecule has 2 amide bonds. The summed E-state index contributed by atoms with van der Waals surface area (Å²) in [6, 6.07) is 0.539. The summed E-state index contributed by atoms with van der Waals surface area (Å²) in [5.41, 5.74) is 0. The molecule has 0 radical (unpaired) electrons. The van der Waals surface area contributed by atoms with Crippen molar-refractivity contribution in [2.24, 2.45) is 5.92 Å². The van der Waals surface area contributed by atoms with Crippen LogP contribution in [-0.2, 0) is 19.1 Å². The molecule has 0 bridgehead atoms. The van der Waals surface area contributed by atoms with Crippen molar-refractivity contribution in [3.05, 3.63) is 0 Å². The summed E-state index contributed by atoms with van der Waals surface area (Å²) in [5.74, 6) is 0.247. The van der Waals surface area contributed by atoms with Crippen LogP contribution in [0.15, 0.2) is 0 Å². The molecule has 0 atom stereocenters. The van der Waals surface area contributed by atoms with E-state index in [2.05, 4.69) is 10.6 Å². The van der Waals surface area contributed by atoms with Gasteiger partial charge in [-0.05, 0) is 38.5 Å². The molecule has 2 saturated carbocycles. The Labute approximate surface area is 151 Å². The number of hydrogen-bond donors (Lipinski definition) is 2. The van der Waals surface area contributed by atoms with Crippen molar-refractivity contribution < 1.29 is 19.1 Å². The minimum atomic E-state index is -0.0811. The van der Waals surface area contributed by atoms with Gasteiger partial charge in [0.2, 0.25) is 11.8 Å². The highest BCUT2D eigenvalue weighted by molar-refractivity contribution is 5.79. The topological polar surface area (TPSA) is 76.7 Å². The highest BCUT2D eigenvalue weighted by Gasteiger charge is 2.28. The van der Waals surface area contributed by atoms with Crippen LogP contribution in [0.3, 0.4) is 0 Å². The van der Waals surface area contributed by atoms with Crippen LogP contribution in [0.1, 0.15) is 64.2 Å². The highest BCUT2D eigenvalue weighted by Crippen LogP contribution is 2.25. The fourth-order valence-corrected chi connectivity index (χ4v) is 3.82. The molecule has 0 aromatic rings. The number of rotatable bonds is 8. The predicted octanol–water partition coefficient (Wildman–Crippen LogP) is 2.16. The van der Waals surface area contributed by atoms with Crippen molar-refractivity contribution in [2.75, 3.05) is 26.9 Å². The van der Waals surface area contributed by atoms with Gasteiger partial charge in [-0.15, -0.1) is 0 Å². The van der Waals surface area contributed by atoms with Gasteiger partial charge in [0.05, 0.1) is 13.2 Å². The number of ether oxygens (including phenoxy) is 2. The van der Waals surface area contributed by atoms with Crippen LogP contribution in [0.25, 0.3) is 0 Å². The van der Waals surface area contributed by atoms with Crippen LogP contribution >= 0.6 is 0 Å². The second kappa shape index (κ2) is 11.5. The molecule has 2 aliphatic rings. The van der Waals surface area contributed by atoms with Crippen LogP contribution in [0.5, 0.6) is 0 Å². The molecule has 6 heteroatoms. The maximum Gasteiger partial charge on any atom is 0.246 e. The van der Waals surface area contributed by atoms with Gasteiger partial charge in [0.1, 0.15) is 6.61 Å². The Kier molecular flexibility index (Phi) is 9.26. The fraction of sp³-hybridized carbons (Fsp3) is 0.895. The summed E-state index contributed by atoms with van der Waals surface area (Å²) in [7, 11) is 1.61. The lowest BCUT2D eigenvalue weighted by Crippen LogP contribution is -2.44. The maximum absolute atomic E-state index is 12.5. The molecule has 0 aromatic heterocycles. The van der Waals surface area contributed by atoms with E-state index in [1.807, 2.05) is 0 Å². The van der Waals surface area contributed by atoms with E-state index < -0.39 is 0 Å². The average molecular weight is 354 g/mol. The van der Waals surface area contributed by atoms with Gasteiger partial charge in [-0.3, -0.25) is 9.59 Å². The first-order valence-corrected chi connectivity index (χ1v) is 9.85. The van der Waals surface area contributed by atoms with Gasteiger partial charge in [0, 0.05) is 25.1 Å². The first kappa shape index (κ1) is 20.2. The van der Waals surface area contributed by atoms with E-state index in [0.717, 1.165) is 38.5 Å². The molecule has 0 unspecified atom stereocenters. The Bertz CT molecular complexity index is 400. The quantitative estimate of drug-likeness (QED) is 0.517. The van der Waals surface area contributed by atoms with Crippen LogP contribution in [-0.4, -0.2) is 50.8 Å². The molecule has 144 valence electrons. The molecule has 2 aliphatic carbocycles. The minimum absolute atomic E-state index is 0.0749. The average Bonchev–Trinajstić information content (AvgIpc) is 2.88. The Morgan fingerprint density at radius 2 is 1.48 bits per heavy atom. The lowest BCUT2D eigenvalue weighted by Gasteiger charge is -2.29. The van der Waals surface area contributed by atoms with Gasteiger partial charge in [-0.1, -0.05) is 25.7 Å². The normalized spacial score (nSPS) is 25.2. The van der Waals surface area contributed by atoms with Crippen molar-refractivity contribution >= 4 is 11.8 Å². The molecular formula is C19H34N2O4. The summed E-state index contributed by atoms with van der Waals surface area (Å²) >= 11 is 0. The van der Waals surface area contributed by atoms with E-state index in [1.165, 1.54) is 25.7 Å². The smallest absolute Gasteiger partial charge is 0.246 e. The summed E-state index contributed by atoms with van der Waals surface area (Å²) < 4.78 is 10.1. The van der Waals surface area contributed by atoms with E-state index in [1.54, 1.807) is 7.11 Å². The predicted molar refractivity (Wildman–Crippen MR) is 96.2 cm³/mol. The zero-order valence-electron chi connectivity index (χ0n) is 15.6. The number of nitrogens with one attached hydrogen (secondary N) is 2. The van der Waals surface area contributed by atoms with Gasteiger partial charge in [0.25, 0.3) is 0 Å². The van der Waals surface area contributed by atoms with Crippen LogP contribution in [0.4, 0.5) is 0 Å². The molecule has 25 heavy (non-hydrogen) atoms. The molecule has 0 heterocycles. The number of methoxy groups -OCH3 is 1. The van der Waals surface area contributed by atoms with Crippen LogP contribution in [0.2, 0.25) is 0 Å². The second-order valence-corrected chi connectivity index (χ2v) is 7.36. The molecule has 0 spiro atoms. The molecular weight excluding hydrogens is 320 g/mol. The first-order chi connectivity index (χ1) is 12.2. The van der Waals surface area contributed by atoms with E-state index >= 15 is 0 Å². The maximum atomic E-state index is 12.5. The van der Waals surface area contributed by atoms with Gasteiger partial charge in [-0.2, -0.15) is 0 Å². The highest BCUT2D eigenvalue weighted by atomic mass is 16.5. The first-order valence-electron chi connectivity index (χ1n) is 9.85. The van der Waals surface area contributed by atoms with E-state index in [4.69, 9.17) is 9.47 Å². The monoisotopic (exact) mass is 354 g/mol. The zero-order valence-corrected chi connectivity index (χ0v) is 15.6. The summed E-state index contributed by atoms with van der Waals surface area (Å²) in [4.78, 5) is 24.3. The largest absolute Gasteiger partial charge is 0.382 e. The summed E-state index contributed by atoms with van der Waals surface area (Å²) in [6.07, 6.45) is 10.8. The van der Waals surface area contributed by atoms with Crippen molar-refractivity contribution in [2.45, 2.75) is 76.3 Å². The van der Waals surface area contributed by atoms with Gasteiger partial charge in [0.15, 0.2) is 0 Å². The second-order valence-electron chi connectivity index (χ2n) is 7.36. The molecule has 0 aliphatic heterocycles. The standard InChI is InChI=1S/C19H34N2O4/c1-24-12-13-25-14-18(22)20-17-10-8-15(9-11-17)19(23)21-16-6-4-2-3-5-7-16/h15-17H,2-14H2,1H3,(H,20,22)(H,21,23). The summed E-state index contributed by atoms with van der Waals surface area (Å²) in [5, 5.41) is 6.27. The Morgan fingerprint density at radius 3 is 2.12 bits per heavy atom. The van der Waals surface area contributed by atoms with Gasteiger partial charge >= 0.3 is 0 Å². The lowest BCUT2D eigenvalue weighted by molar-refractivity contribution is -0.127. The van der Waals surface area contributed by atoms with Crippen molar-refractivity contribution in [3.8, 4) is 0 Å². The van der Waals surface area contributed by atoms with Gasteiger partial charge in [-0.25, -0.2) is 0 Å². The zero-order chi connectivity index (χ0) is 17.9. The van der Waals surface area contributed by atoms with E-state index in [-0.39, 0.29) is 30.4 Å². The molecule has 2 N–H and O–H groups in total. The Hall–Kier alpha value is -1.14. The summed E-state index contributed by atoms with van der Waals surface area (Å²) in [6.45, 7) is 0.998. The van der Waals surface area contributed by atoms with Crippen LogP contribution < -0.4 is 10.6 Å².